The fourth-order valence-electron chi connectivity index (χ4n) is 1.57. The third-order valence-electron chi connectivity index (χ3n) is 2.27. The second kappa shape index (κ2) is 4.60. The van der Waals surface area contributed by atoms with Crippen LogP contribution in [0.3, 0.4) is 0 Å². The van der Waals surface area contributed by atoms with Crippen molar-refractivity contribution in [1.82, 2.24) is 0 Å². The summed E-state index contributed by atoms with van der Waals surface area (Å²) in [6, 6.07) is 7.13. The van der Waals surface area contributed by atoms with E-state index in [1.807, 2.05) is 19.1 Å². The van der Waals surface area contributed by atoms with Gasteiger partial charge in [-0.25, -0.2) is 0 Å². The van der Waals surface area contributed by atoms with E-state index in [0.717, 1.165) is 5.56 Å². The summed E-state index contributed by atoms with van der Waals surface area (Å²) in [7, 11) is 0. The summed E-state index contributed by atoms with van der Waals surface area (Å²) in [5.74, 6) is 0. The Hall–Kier alpha value is -1.13. The molecule has 0 spiro atoms. The number of halogens is 3. The number of nitrogens with zero attached hydrogens (tertiary/aromatic N) is 1. The molecule has 1 rings (SSSR count). The van der Waals surface area contributed by atoms with Crippen LogP contribution >= 0.6 is 0 Å². The first-order chi connectivity index (χ1) is 6.94. The molecule has 84 valence electrons. The third kappa shape index (κ3) is 3.49. The molecule has 0 bridgehead atoms. The Morgan fingerprint density at radius 1 is 1.20 bits per heavy atom. The topological polar surface area (TPSA) is 3.24 Å². The lowest BCUT2D eigenvalue weighted by molar-refractivity contribution is 0.467. The van der Waals surface area contributed by atoms with E-state index in [4.69, 9.17) is 0 Å². The van der Waals surface area contributed by atoms with Crippen LogP contribution in [0.15, 0.2) is 24.3 Å². The van der Waals surface area contributed by atoms with Crippen molar-refractivity contribution in [2.75, 3.05) is 17.9 Å². The SMILES string of the molecule is CCN(C[B-](F)(F)F)c1ccccc1C. The number of hydrogen-bond acceptors (Lipinski definition) is 1. The largest absolute Gasteiger partial charge is 0.497 e. The molecule has 0 N–H and O–H groups in total. The van der Waals surface area contributed by atoms with Gasteiger partial charge in [0.1, 0.15) is 0 Å². The van der Waals surface area contributed by atoms with E-state index in [9.17, 15) is 12.9 Å². The number of benzene rings is 1. The van der Waals surface area contributed by atoms with Crippen LogP contribution in [0.25, 0.3) is 0 Å². The Labute approximate surface area is 88.0 Å². The van der Waals surface area contributed by atoms with Gasteiger partial charge < -0.3 is 17.8 Å². The maximum Gasteiger partial charge on any atom is 0.497 e. The van der Waals surface area contributed by atoms with Crippen LogP contribution in [0.4, 0.5) is 18.6 Å². The summed E-state index contributed by atoms with van der Waals surface area (Å²) in [5, 5.41) is 0. The van der Waals surface area contributed by atoms with Gasteiger partial charge in [-0.05, 0) is 31.9 Å². The zero-order valence-electron chi connectivity index (χ0n) is 8.88. The van der Waals surface area contributed by atoms with Crippen molar-refractivity contribution in [3.8, 4) is 0 Å². The normalized spacial score (nSPS) is 11.5. The smallest absolute Gasteiger partial charge is 0.448 e. The Balaban J connectivity index is 2.88. The van der Waals surface area contributed by atoms with Gasteiger partial charge in [0.15, 0.2) is 0 Å². The molecule has 1 aromatic rings. The van der Waals surface area contributed by atoms with Crippen molar-refractivity contribution >= 4 is 12.7 Å². The molecule has 0 radical (unpaired) electrons. The molecule has 15 heavy (non-hydrogen) atoms. The highest BCUT2D eigenvalue weighted by Crippen LogP contribution is 2.22. The van der Waals surface area contributed by atoms with Crippen molar-refractivity contribution in [3.63, 3.8) is 0 Å². The number of anilines is 1. The first-order valence-electron chi connectivity index (χ1n) is 4.95. The molecule has 1 nitrogen and oxygen atoms in total. The Kier molecular flexibility index (Phi) is 3.66. The highest BCUT2D eigenvalue weighted by molar-refractivity contribution is 6.59. The van der Waals surface area contributed by atoms with Crippen LogP contribution < -0.4 is 4.90 Å². The molecule has 0 atom stereocenters. The summed E-state index contributed by atoms with van der Waals surface area (Å²) in [4.78, 5) is 1.36. The molecule has 0 aromatic heterocycles. The van der Waals surface area contributed by atoms with Gasteiger partial charge in [0.2, 0.25) is 0 Å². The molecule has 0 heterocycles. The number of hydrogen-bond donors (Lipinski definition) is 0. The Morgan fingerprint density at radius 2 is 1.80 bits per heavy atom. The fourth-order valence-corrected chi connectivity index (χ4v) is 1.57. The van der Waals surface area contributed by atoms with E-state index in [2.05, 4.69) is 0 Å². The molecule has 0 unspecified atom stereocenters. The number of rotatable bonds is 4. The van der Waals surface area contributed by atoms with Gasteiger partial charge >= 0.3 is 6.98 Å². The minimum absolute atomic E-state index is 0.367. The summed E-state index contributed by atoms with van der Waals surface area (Å²) < 4.78 is 37.0. The van der Waals surface area contributed by atoms with E-state index >= 15 is 0 Å². The predicted octanol–water partition coefficient (Wildman–Crippen LogP) is 3.21. The average molecular weight is 216 g/mol. The summed E-state index contributed by atoms with van der Waals surface area (Å²) in [6.45, 7) is -0.851. The van der Waals surface area contributed by atoms with Gasteiger partial charge in [-0.2, -0.15) is 0 Å². The lowest BCUT2D eigenvalue weighted by Crippen LogP contribution is -2.38. The van der Waals surface area contributed by atoms with E-state index in [1.54, 1.807) is 19.1 Å². The van der Waals surface area contributed by atoms with E-state index in [-0.39, 0.29) is 0 Å². The molecule has 0 saturated heterocycles. The molecule has 0 fully saturated rings. The molecule has 0 saturated carbocycles. The minimum atomic E-state index is -4.77. The van der Waals surface area contributed by atoms with Crippen molar-refractivity contribution in [2.45, 2.75) is 13.8 Å². The summed E-state index contributed by atoms with van der Waals surface area (Å²) >= 11 is 0. The van der Waals surface area contributed by atoms with Gasteiger partial charge in [-0.1, -0.05) is 18.2 Å². The van der Waals surface area contributed by atoms with Gasteiger partial charge in [0, 0.05) is 12.2 Å². The van der Waals surface area contributed by atoms with Gasteiger partial charge in [-0.3, -0.25) is 0 Å². The first kappa shape index (κ1) is 11.9. The lowest BCUT2D eigenvalue weighted by Gasteiger charge is -2.30. The minimum Gasteiger partial charge on any atom is -0.448 e. The number of para-hydroxylation sites is 1. The van der Waals surface area contributed by atoms with Crippen molar-refractivity contribution in [3.05, 3.63) is 29.8 Å². The maximum atomic E-state index is 12.3. The highest BCUT2D eigenvalue weighted by atomic mass is 19.4. The second-order valence-electron chi connectivity index (χ2n) is 3.54. The van der Waals surface area contributed by atoms with Crippen LogP contribution in [0.5, 0.6) is 0 Å². The summed E-state index contributed by atoms with van der Waals surface area (Å²) in [6.07, 6.45) is -0.832. The van der Waals surface area contributed by atoms with Crippen molar-refractivity contribution < 1.29 is 12.9 Å². The van der Waals surface area contributed by atoms with E-state index < -0.39 is 13.4 Å². The molecule has 0 aliphatic rings. The van der Waals surface area contributed by atoms with E-state index in [1.165, 1.54) is 4.90 Å². The van der Waals surface area contributed by atoms with Crippen LogP contribution in [0.1, 0.15) is 12.5 Å². The second-order valence-corrected chi connectivity index (χ2v) is 3.54. The molecule has 0 aliphatic carbocycles. The molecule has 0 amide bonds. The molecule has 5 heteroatoms. The van der Waals surface area contributed by atoms with Crippen molar-refractivity contribution in [1.29, 1.82) is 0 Å². The fraction of sp³-hybridized carbons (Fsp3) is 0.400. The van der Waals surface area contributed by atoms with Crippen molar-refractivity contribution in [2.24, 2.45) is 0 Å². The molecular weight excluding hydrogens is 202 g/mol. The highest BCUT2D eigenvalue weighted by Gasteiger charge is 2.26. The Morgan fingerprint density at radius 3 is 2.27 bits per heavy atom. The maximum absolute atomic E-state index is 12.3. The Bertz CT molecular complexity index is 325. The molecule has 0 aliphatic heterocycles. The zero-order chi connectivity index (χ0) is 11.5. The van der Waals surface area contributed by atoms with Crippen LogP contribution in [0, 0.1) is 6.92 Å². The monoisotopic (exact) mass is 216 g/mol. The standard InChI is InChI=1S/C10H14BF3N/c1-3-15(8-11(12,13)14)10-7-5-4-6-9(10)2/h4-7H,3,8H2,1-2H3/q-1. The first-order valence-corrected chi connectivity index (χ1v) is 4.95. The van der Waals surface area contributed by atoms with Gasteiger partial charge in [-0.15, -0.1) is 0 Å². The number of aryl methyl sites for hydroxylation is 1. The average Bonchev–Trinajstić information content (AvgIpc) is 2.14. The zero-order valence-corrected chi connectivity index (χ0v) is 8.88. The van der Waals surface area contributed by atoms with Gasteiger partial charge in [0.05, 0.1) is 0 Å². The van der Waals surface area contributed by atoms with Crippen LogP contribution in [-0.4, -0.2) is 20.0 Å². The summed E-state index contributed by atoms with van der Waals surface area (Å²) in [5.41, 5.74) is 1.54. The molecular formula is C10H14BF3N-. The van der Waals surface area contributed by atoms with Gasteiger partial charge in [0.25, 0.3) is 0 Å². The molecule has 1 aromatic carbocycles. The van der Waals surface area contributed by atoms with Crippen LogP contribution in [-0.2, 0) is 0 Å². The lowest BCUT2D eigenvalue weighted by atomic mass is 9.90. The third-order valence-corrected chi connectivity index (χ3v) is 2.27. The quantitative estimate of drug-likeness (QED) is 0.698. The van der Waals surface area contributed by atoms with E-state index in [0.29, 0.717) is 12.2 Å². The predicted molar refractivity (Wildman–Crippen MR) is 58.1 cm³/mol. The van der Waals surface area contributed by atoms with Crippen LogP contribution in [0.2, 0.25) is 0 Å².